The van der Waals surface area contributed by atoms with Crippen molar-refractivity contribution in [1.29, 1.82) is 0 Å². The molecule has 1 aliphatic rings. The second-order valence-electron chi connectivity index (χ2n) is 4.01. The predicted molar refractivity (Wildman–Crippen MR) is 58.8 cm³/mol. The zero-order valence-corrected chi connectivity index (χ0v) is 9.58. The lowest BCUT2D eigenvalue weighted by molar-refractivity contribution is -0.134. The number of nitrogens with zero attached hydrogens (tertiary/aromatic N) is 1. The highest BCUT2D eigenvalue weighted by Gasteiger charge is 2.20. The first-order chi connectivity index (χ1) is 7.20. The minimum Gasteiger partial charge on any atom is -0.366 e. The molecule has 0 aromatic carbocycles. The third kappa shape index (κ3) is 5.11. The van der Waals surface area contributed by atoms with Gasteiger partial charge in [-0.2, -0.15) is 0 Å². The van der Waals surface area contributed by atoms with Gasteiger partial charge in [0.05, 0.1) is 6.61 Å². The molecule has 88 valence electrons. The highest BCUT2D eigenvalue weighted by Crippen LogP contribution is 1.95. The largest absolute Gasteiger partial charge is 0.366 e. The lowest BCUT2D eigenvalue weighted by Gasteiger charge is -2.22. The molecule has 1 saturated heterocycles. The van der Waals surface area contributed by atoms with E-state index >= 15 is 0 Å². The van der Waals surface area contributed by atoms with Crippen molar-refractivity contribution in [3.8, 4) is 0 Å². The zero-order chi connectivity index (χ0) is 11.1. The predicted octanol–water partition coefficient (Wildman–Crippen LogP) is -0.957. The highest BCUT2D eigenvalue weighted by atomic mass is 16.5. The molecule has 0 spiro atoms. The maximum absolute atomic E-state index is 11.6. The Morgan fingerprint density at radius 2 is 2.40 bits per heavy atom. The monoisotopic (exact) mass is 215 g/mol. The number of carbonyl (C=O) groups excluding carboxylic acids is 1. The maximum Gasteiger partial charge on any atom is 0.250 e. The van der Waals surface area contributed by atoms with Gasteiger partial charge in [0, 0.05) is 19.6 Å². The second-order valence-corrected chi connectivity index (χ2v) is 4.01. The molecule has 1 unspecified atom stereocenters. The van der Waals surface area contributed by atoms with Gasteiger partial charge in [0.15, 0.2) is 0 Å². The molecule has 0 saturated carbocycles. The minimum atomic E-state index is -0.307. The molecule has 0 aromatic heterocycles. The Kier molecular flexibility index (Phi) is 5.60. The van der Waals surface area contributed by atoms with Crippen LogP contribution in [0.2, 0.25) is 0 Å². The van der Waals surface area contributed by atoms with Crippen LogP contribution in [0.1, 0.15) is 6.42 Å². The summed E-state index contributed by atoms with van der Waals surface area (Å²) < 4.78 is 5.33. The van der Waals surface area contributed by atoms with Crippen molar-refractivity contribution in [2.45, 2.75) is 12.5 Å². The van der Waals surface area contributed by atoms with E-state index < -0.39 is 0 Å². The van der Waals surface area contributed by atoms with Crippen LogP contribution >= 0.6 is 0 Å². The van der Waals surface area contributed by atoms with Gasteiger partial charge in [-0.3, -0.25) is 4.79 Å². The van der Waals surface area contributed by atoms with Gasteiger partial charge in [-0.15, -0.1) is 0 Å². The Hall–Kier alpha value is -0.650. The van der Waals surface area contributed by atoms with E-state index in [0.29, 0.717) is 13.2 Å². The van der Waals surface area contributed by atoms with Crippen molar-refractivity contribution in [3.63, 3.8) is 0 Å². The zero-order valence-electron chi connectivity index (χ0n) is 9.58. The number of hydrogen-bond acceptors (Lipinski definition) is 4. The van der Waals surface area contributed by atoms with E-state index in [2.05, 4.69) is 15.5 Å². The number of rotatable bonds is 5. The summed E-state index contributed by atoms with van der Waals surface area (Å²) in [6.07, 6.45) is 0.664. The molecule has 5 nitrogen and oxygen atoms in total. The molecule has 0 radical (unpaired) electrons. The molecule has 15 heavy (non-hydrogen) atoms. The van der Waals surface area contributed by atoms with Gasteiger partial charge in [-0.25, -0.2) is 0 Å². The molecule has 0 aliphatic carbocycles. The van der Waals surface area contributed by atoms with Crippen LogP contribution in [0, 0.1) is 0 Å². The van der Waals surface area contributed by atoms with Crippen LogP contribution in [-0.2, 0) is 9.53 Å². The smallest absolute Gasteiger partial charge is 0.250 e. The first-order valence-corrected chi connectivity index (χ1v) is 5.45. The molecule has 5 heteroatoms. The first-order valence-electron chi connectivity index (χ1n) is 5.45. The van der Waals surface area contributed by atoms with Gasteiger partial charge >= 0.3 is 0 Å². The van der Waals surface area contributed by atoms with Crippen LogP contribution in [0.15, 0.2) is 0 Å². The third-order valence-electron chi connectivity index (χ3n) is 2.30. The number of nitrogens with one attached hydrogen (secondary N) is 2. The van der Waals surface area contributed by atoms with Gasteiger partial charge in [-0.05, 0) is 27.1 Å². The molecular weight excluding hydrogens is 194 g/mol. The van der Waals surface area contributed by atoms with Crippen LogP contribution in [0.4, 0.5) is 0 Å². The summed E-state index contributed by atoms with van der Waals surface area (Å²) in [6.45, 7) is 3.79. The molecule has 1 amide bonds. The summed E-state index contributed by atoms with van der Waals surface area (Å²) in [6, 6.07) is 0. The fourth-order valence-electron chi connectivity index (χ4n) is 1.45. The SMILES string of the molecule is CN(C)CCCNC(=O)C1CNCCO1. The average molecular weight is 215 g/mol. The molecule has 1 fully saturated rings. The fourth-order valence-corrected chi connectivity index (χ4v) is 1.45. The molecule has 2 N–H and O–H groups in total. The van der Waals surface area contributed by atoms with Gasteiger partial charge in [0.25, 0.3) is 0 Å². The second kappa shape index (κ2) is 6.76. The molecule has 1 rings (SSSR count). The Bertz CT molecular complexity index is 191. The lowest BCUT2D eigenvalue weighted by atomic mass is 10.3. The minimum absolute atomic E-state index is 0.000885. The number of morpholine rings is 1. The quantitative estimate of drug-likeness (QED) is 0.580. The molecular formula is C10H21N3O2. The van der Waals surface area contributed by atoms with Crippen LogP contribution in [0.3, 0.4) is 0 Å². The van der Waals surface area contributed by atoms with E-state index in [-0.39, 0.29) is 12.0 Å². The molecule has 1 heterocycles. The van der Waals surface area contributed by atoms with Crippen molar-refractivity contribution < 1.29 is 9.53 Å². The summed E-state index contributed by atoms with van der Waals surface area (Å²) in [5.41, 5.74) is 0. The van der Waals surface area contributed by atoms with E-state index in [1.54, 1.807) is 0 Å². The lowest BCUT2D eigenvalue weighted by Crippen LogP contribution is -2.48. The topological polar surface area (TPSA) is 53.6 Å². The number of hydrogen-bond donors (Lipinski definition) is 2. The Balaban J connectivity index is 2.07. The summed E-state index contributed by atoms with van der Waals surface area (Å²) in [4.78, 5) is 13.7. The Labute approximate surface area is 91.2 Å². The van der Waals surface area contributed by atoms with Gasteiger partial charge < -0.3 is 20.3 Å². The van der Waals surface area contributed by atoms with Crippen LogP contribution in [0.25, 0.3) is 0 Å². The standard InChI is InChI=1S/C10H21N3O2/c1-13(2)6-3-4-12-10(14)9-8-11-5-7-15-9/h9,11H,3-8H2,1-2H3,(H,12,14). The van der Waals surface area contributed by atoms with Crippen molar-refractivity contribution in [3.05, 3.63) is 0 Å². The molecule has 1 atom stereocenters. The summed E-state index contributed by atoms with van der Waals surface area (Å²) in [5.74, 6) is 0.000885. The van der Waals surface area contributed by atoms with Crippen LogP contribution in [-0.4, -0.2) is 63.8 Å². The van der Waals surface area contributed by atoms with E-state index in [9.17, 15) is 4.79 Å². The fraction of sp³-hybridized carbons (Fsp3) is 0.900. The normalized spacial score (nSPS) is 21.7. The number of carbonyl (C=O) groups is 1. The van der Waals surface area contributed by atoms with Crippen LogP contribution in [0.5, 0.6) is 0 Å². The molecule has 1 aliphatic heterocycles. The van der Waals surface area contributed by atoms with Crippen molar-refractivity contribution >= 4 is 5.91 Å². The third-order valence-corrected chi connectivity index (χ3v) is 2.30. The summed E-state index contributed by atoms with van der Waals surface area (Å²) in [5, 5.41) is 6.01. The van der Waals surface area contributed by atoms with E-state index in [1.807, 2.05) is 14.1 Å². The van der Waals surface area contributed by atoms with Gasteiger partial charge in [-0.1, -0.05) is 0 Å². The van der Waals surface area contributed by atoms with Crippen molar-refractivity contribution in [2.75, 3.05) is 46.9 Å². The number of ether oxygens (including phenoxy) is 1. The van der Waals surface area contributed by atoms with E-state index in [0.717, 1.165) is 26.1 Å². The average Bonchev–Trinajstić information content (AvgIpc) is 2.25. The Morgan fingerprint density at radius 3 is 3.00 bits per heavy atom. The van der Waals surface area contributed by atoms with Gasteiger partial charge in [0.1, 0.15) is 6.10 Å². The van der Waals surface area contributed by atoms with Gasteiger partial charge in [0.2, 0.25) is 5.91 Å². The highest BCUT2D eigenvalue weighted by molar-refractivity contribution is 5.81. The molecule has 0 bridgehead atoms. The summed E-state index contributed by atoms with van der Waals surface area (Å²) >= 11 is 0. The van der Waals surface area contributed by atoms with E-state index in [4.69, 9.17) is 4.74 Å². The van der Waals surface area contributed by atoms with E-state index in [1.165, 1.54) is 0 Å². The van der Waals surface area contributed by atoms with Crippen molar-refractivity contribution in [1.82, 2.24) is 15.5 Å². The maximum atomic E-state index is 11.6. The Morgan fingerprint density at radius 1 is 1.60 bits per heavy atom. The van der Waals surface area contributed by atoms with Crippen LogP contribution < -0.4 is 10.6 Å². The first kappa shape index (κ1) is 12.4. The number of amides is 1. The summed E-state index contributed by atoms with van der Waals surface area (Å²) in [7, 11) is 4.05. The molecule has 0 aromatic rings. The van der Waals surface area contributed by atoms with Crippen molar-refractivity contribution in [2.24, 2.45) is 0 Å².